The first-order valence-corrected chi connectivity index (χ1v) is 6.24. The van der Waals surface area contributed by atoms with Gasteiger partial charge in [0, 0.05) is 13.1 Å². The van der Waals surface area contributed by atoms with E-state index in [1.165, 1.54) is 12.1 Å². The van der Waals surface area contributed by atoms with Gasteiger partial charge in [0.05, 0.1) is 6.42 Å². The molecule has 1 aromatic carbocycles. The van der Waals surface area contributed by atoms with Crippen LogP contribution in [0.4, 0.5) is 4.39 Å². The highest BCUT2D eigenvalue weighted by Gasteiger charge is 2.40. The minimum absolute atomic E-state index is 0.106. The van der Waals surface area contributed by atoms with Gasteiger partial charge in [-0.3, -0.25) is 9.59 Å². The average Bonchev–Trinajstić information content (AvgIpc) is 2.32. The smallest absolute Gasteiger partial charge is 0.245 e. The van der Waals surface area contributed by atoms with Gasteiger partial charge >= 0.3 is 0 Å². The lowest BCUT2D eigenvalue weighted by atomic mass is 9.97. The average molecular weight is 264 g/mol. The quantitative estimate of drug-likeness (QED) is 0.869. The fourth-order valence-electron chi connectivity index (χ4n) is 2.25. The van der Waals surface area contributed by atoms with E-state index in [-0.39, 0.29) is 24.1 Å². The summed E-state index contributed by atoms with van der Waals surface area (Å²) < 4.78 is 13.1. The van der Waals surface area contributed by atoms with E-state index < -0.39 is 5.54 Å². The van der Waals surface area contributed by atoms with Crippen molar-refractivity contribution in [1.29, 1.82) is 0 Å². The number of hydrogen-bond donors (Lipinski definition) is 1. The summed E-state index contributed by atoms with van der Waals surface area (Å²) in [7, 11) is 0. The van der Waals surface area contributed by atoms with Crippen LogP contribution in [0.2, 0.25) is 0 Å². The van der Waals surface area contributed by atoms with E-state index in [9.17, 15) is 14.0 Å². The first-order chi connectivity index (χ1) is 8.91. The van der Waals surface area contributed by atoms with Gasteiger partial charge in [-0.1, -0.05) is 12.1 Å². The maximum atomic E-state index is 13.1. The Morgan fingerprint density at radius 2 is 2.21 bits per heavy atom. The van der Waals surface area contributed by atoms with Crippen molar-refractivity contribution in [3.63, 3.8) is 0 Å². The molecule has 1 aromatic rings. The molecule has 0 saturated carbocycles. The highest BCUT2D eigenvalue weighted by Crippen LogP contribution is 2.19. The Balaban J connectivity index is 2.13. The molecule has 2 rings (SSSR count). The minimum Gasteiger partial charge on any atom is -0.352 e. The lowest BCUT2D eigenvalue weighted by Crippen LogP contribution is -2.63. The Hall–Kier alpha value is -1.91. The second kappa shape index (κ2) is 4.99. The molecular weight excluding hydrogens is 247 g/mol. The summed E-state index contributed by atoms with van der Waals surface area (Å²) in [6.07, 6.45) is 0.106. The molecule has 1 heterocycles. The molecule has 4 nitrogen and oxygen atoms in total. The molecular formula is C14H17FN2O2. The third kappa shape index (κ3) is 2.75. The maximum absolute atomic E-state index is 13.1. The number of rotatable bonds is 2. The van der Waals surface area contributed by atoms with Crippen LogP contribution < -0.4 is 5.32 Å². The largest absolute Gasteiger partial charge is 0.352 e. The molecule has 1 saturated heterocycles. The van der Waals surface area contributed by atoms with E-state index >= 15 is 0 Å². The summed E-state index contributed by atoms with van der Waals surface area (Å²) >= 11 is 0. The van der Waals surface area contributed by atoms with Crippen molar-refractivity contribution < 1.29 is 14.0 Å². The van der Waals surface area contributed by atoms with Crippen molar-refractivity contribution in [1.82, 2.24) is 10.2 Å². The fraction of sp³-hybridized carbons (Fsp3) is 0.429. The van der Waals surface area contributed by atoms with Crippen molar-refractivity contribution in [2.24, 2.45) is 0 Å². The number of carbonyl (C=O) groups is 2. The van der Waals surface area contributed by atoms with Crippen molar-refractivity contribution >= 4 is 11.8 Å². The lowest BCUT2D eigenvalue weighted by Gasteiger charge is -2.41. The van der Waals surface area contributed by atoms with Gasteiger partial charge in [0.15, 0.2) is 0 Å². The first-order valence-electron chi connectivity index (χ1n) is 6.24. The number of hydrogen-bond acceptors (Lipinski definition) is 2. The Morgan fingerprint density at radius 3 is 2.89 bits per heavy atom. The highest BCUT2D eigenvalue weighted by molar-refractivity contribution is 5.92. The molecule has 0 aliphatic carbocycles. The number of halogens is 1. The molecule has 0 radical (unpaired) electrons. The molecule has 0 unspecified atom stereocenters. The van der Waals surface area contributed by atoms with Gasteiger partial charge in [-0.05, 0) is 31.5 Å². The van der Waals surface area contributed by atoms with E-state index in [4.69, 9.17) is 0 Å². The first kappa shape index (κ1) is 13.5. The van der Waals surface area contributed by atoms with Crippen molar-refractivity contribution in [2.45, 2.75) is 25.8 Å². The summed E-state index contributed by atoms with van der Waals surface area (Å²) in [6.45, 7) is 4.36. The Kier molecular flexibility index (Phi) is 3.55. The van der Waals surface area contributed by atoms with Crippen LogP contribution in [0.25, 0.3) is 0 Å². The fourth-order valence-corrected chi connectivity index (χ4v) is 2.25. The Labute approximate surface area is 111 Å². The summed E-state index contributed by atoms with van der Waals surface area (Å²) in [5.41, 5.74) is -0.241. The summed E-state index contributed by atoms with van der Waals surface area (Å²) in [5.74, 6) is -0.683. The van der Waals surface area contributed by atoms with Crippen LogP contribution in [0.1, 0.15) is 19.4 Å². The number of amides is 2. The number of benzene rings is 1. The number of nitrogens with one attached hydrogen (secondary N) is 1. The minimum atomic E-state index is -0.858. The molecule has 2 amide bonds. The maximum Gasteiger partial charge on any atom is 0.245 e. The Bertz CT molecular complexity index is 514. The molecule has 19 heavy (non-hydrogen) atoms. The van der Waals surface area contributed by atoms with Gasteiger partial charge < -0.3 is 10.2 Å². The third-order valence-electron chi connectivity index (χ3n) is 3.40. The highest BCUT2D eigenvalue weighted by atomic mass is 19.1. The SMILES string of the molecule is CC1(C)C(=O)NCCN1C(=O)Cc1cccc(F)c1. The zero-order chi connectivity index (χ0) is 14.0. The van der Waals surface area contributed by atoms with E-state index in [0.29, 0.717) is 18.7 Å². The normalized spacial score (nSPS) is 18.1. The zero-order valence-electron chi connectivity index (χ0n) is 11.1. The number of piperazine rings is 1. The van der Waals surface area contributed by atoms with Gasteiger partial charge in [0.25, 0.3) is 0 Å². The molecule has 102 valence electrons. The van der Waals surface area contributed by atoms with Gasteiger partial charge in [0.1, 0.15) is 11.4 Å². The molecule has 0 atom stereocenters. The van der Waals surface area contributed by atoms with Crippen LogP contribution in [0, 0.1) is 5.82 Å². The zero-order valence-corrected chi connectivity index (χ0v) is 11.1. The standard InChI is InChI=1S/C14H17FN2O2/c1-14(2)13(19)16-6-7-17(14)12(18)9-10-4-3-5-11(15)8-10/h3-5,8H,6-7,9H2,1-2H3,(H,16,19). The van der Waals surface area contributed by atoms with E-state index in [1.54, 1.807) is 30.9 Å². The molecule has 1 N–H and O–H groups in total. The lowest BCUT2D eigenvalue weighted by molar-refractivity contribution is -0.148. The molecule has 5 heteroatoms. The van der Waals surface area contributed by atoms with Crippen LogP contribution >= 0.6 is 0 Å². The second-order valence-electron chi connectivity index (χ2n) is 5.17. The third-order valence-corrected chi connectivity index (χ3v) is 3.40. The summed E-state index contributed by atoms with van der Waals surface area (Å²) in [4.78, 5) is 25.6. The molecule has 1 fully saturated rings. The summed E-state index contributed by atoms with van der Waals surface area (Å²) in [6, 6.07) is 5.96. The second-order valence-corrected chi connectivity index (χ2v) is 5.17. The van der Waals surface area contributed by atoms with Crippen LogP contribution in [0.5, 0.6) is 0 Å². The van der Waals surface area contributed by atoms with E-state index in [1.807, 2.05) is 0 Å². The monoisotopic (exact) mass is 264 g/mol. The number of carbonyl (C=O) groups excluding carboxylic acids is 2. The van der Waals surface area contributed by atoms with Gasteiger partial charge in [-0.2, -0.15) is 0 Å². The molecule has 0 aromatic heterocycles. The van der Waals surface area contributed by atoms with Crippen LogP contribution in [0.15, 0.2) is 24.3 Å². The van der Waals surface area contributed by atoms with Crippen molar-refractivity contribution in [3.05, 3.63) is 35.6 Å². The summed E-state index contributed by atoms with van der Waals surface area (Å²) in [5, 5.41) is 2.74. The predicted octanol–water partition coefficient (Wildman–Crippen LogP) is 1.11. The van der Waals surface area contributed by atoms with Crippen molar-refractivity contribution in [2.75, 3.05) is 13.1 Å². The Morgan fingerprint density at radius 1 is 1.47 bits per heavy atom. The van der Waals surface area contributed by atoms with Crippen LogP contribution in [-0.4, -0.2) is 35.3 Å². The van der Waals surface area contributed by atoms with Gasteiger partial charge in [0.2, 0.25) is 11.8 Å². The van der Waals surface area contributed by atoms with Gasteiger partial charge in [-0.15, -0.1) is 0 Å². The molecule has 0 bridgehead atoms. The topological polar surface area (TPSA) is 49.4 Å². The molecule has 0 spiro atoms. The number of nitrogens with zero attached hydrogens (tertiary/aromatic N) is 1. The molecule has 1 aliphatic rings. The van der Waals surface area contributed by atoms with Gasteiger partial charge in [-0.25, -0.2) is 4.39 Å². The van der Waals surface area contributed by atoms with Crippen LogP contribution in [-0.2, 0) is 16.0 Å². The van der Waals surface area contributed by atoms with Crippen LogP contribution in [0.3, 0.4) is 0 Å². The van der Waals surface area contributed by atoms with Crippen molar-refractivity contribution in [3.8, 4) is 0 Å². The van der Waals surface area contributed by atoms with E-state index in [2.05, 4.69) is 5.32 Å². The molecule has 1 aliphatic heterocycles. The predicted molar refractivity (Wildman–Crippen MR) is 68.9 cm³/mol. The van der Waals surface area contributed by atoms with E-state index in [0.717, 1.165) is 0 Å².